The Labute approximate surface area is 165 Å². The first-order chi connectivity index (χ1) is 13.4. The number of rotatable bonds is 9. The molecule has 1 atom stereocenters. The molecule has 0 saturated heterocycles. The van der Waals surface area contributed by atoms with Gasteiger partial charge in [-0.25, -0.2) is 0 Å². The maximum absolute atomic E-state index is 12.8. The third-order valence-corrected chi connectivity index (χ3v) is 4.47. The van der Waals surface area contributed by atoms with Gasteiger partial charge in [0.15, 0.2) is 5.78 Å². The largest absolute Gasteiger partial charge is 0.469 e. The Hall–Kier alpha value is -3.02. The zero-order valence-electron chi connectivity index (χ0n) is 16.6. The second-order valence-electron chi connectivity index (χ2n) is 6.81. The molecule has 6 nitrogen and oxygen atoms in total. The number of aryl methyl sites for hydroxylation is 1. The van der Waals surface area contributed by atoms with Gasteiger partial charge in [-0.1, -0.05) is 42.8 Å². The SMILES string of the molecule is COC(=O)C(C)CN(Cc1ccccn1)C(=O)CCC(=O)c1ccc(C)cc1. The predicted molar refractivity (Wildman–Crippen MR) is 106 cm³/mol. The van der Waals surface area contributed by atoms with Crippen LogP contribution < -0.4 is 0 Å². The molecule has 0 N–H and O–H groups in total. The van der Waals surface area contributed by atoms with Gasteiger partial charge in [0.05, 0.1) is 25.3 Å². The summed E-state index contributed by atoms with van der Waals surface area (Å²) in [7, 11) is 1.32. The molecule has 0 fully saturated rings. The van der Waals surface area contributed by atoms with E-state index in [2.05, 4.69) is 4.98 Å². The molecule has 1 unspecified atom stereocenters. The van der Waals surface area contributed by atoms with E-state index in [1.54, 1.807) is 36.2 Å². The summed E-state index contributed by atoms with van der Waals surface area (Å²) in [6.45, 7) is 4.15. The minimum atomic E-state index is -0.467. The van der Waals surface area contributed by atoms with Crippen molar-refractivity contribution in [2.75, 3.05) is 13.7 Å². The Morgan fingerprint density at radius 1 is 1.07 bits per heavy atom. The number of Topliss-reactive ketones (excluding diaryl/α,β-unsaturated/α-hetero) is 1. The highest BCUT2D eigenvalue weighted by Gasteiger charge is 2.22. The number of ether oxygens (including phenoxy) is 1. The van der Waals surface area contributed by atoms with E-state index in [4.69, 9.17) is 4.74 Å². The Morgan fingerprint density at radius 2 is 1.79 bits per heavy atom. The van der Waals surface area contributed by atoms with Crippen LogP contribution in [0.2, 0.25) is 0 Å². The molecule has 2 aromatic rings. The number of nitrogens with zero attached hydrogens (tertiary/aromatic N) is 2. The van der Waals surface area contributed by atoms with Crippen LogP contribution in [0.3, 0.4) is 0 Å². The lowest BCUT2D eigenvalue weighted by atomic mass is 10.0. The smallest absolute Gasteiger partial charge is 0.310 e. The van der Waals surface area contributed by atoms with E-state index in [1.807, 2.05) is 31.2 Å². The van der Waals surface area contributed by atoms with Crippen molar-refractivity contribution >= 4 is 17.7 Å². The van der Waals surface area contributed by atoms with Crippen LogP contribution in [0.25, 0.3) is 0 Å². The summed E-state index contributed by atoms with van der Waals surface area (Å²) < 4.78 is 4.76. The molecule has 0 bridgehead atoms. The number of carbonyl (C=O) groups is 3. The lowest BCUT2D eigenvalue weighted by Crippen LogP contribution is -2.37. The lowest BCUT2D eigenvalue weighted by molar-refractivity contribution is -0.146. The summed E-state index contributed by atoms with van der Waals surface area (Å²) >= 11 is 0. The van der Waals surface area contributed by atoms with Crippen LogP contribution in [0.15, 0.2) is 48.7 Å². The maximum atomic E-state index is 12.8. The Bertz CT molecular complexity index is 803. The van der Waals surface area contributed by atoms with Crippen LogP contribution in [-0.4, -0.2) is 41.2 Å². The fourth-order valence-electron chi connectivity index (χ4n) is 2.81. The van der Waals surface area contributed by atoms with E-state index in [1.165, 1.54) is 7.11 Å². The number of ketones is 1. The number of hydrogen-bond acceptors (Lipinski definition) is 5. The molecule has 148 valence electrons. The molecule has 0 spiro atoms. The van der Waals surface area contributed by atoms with Crippen molar-refractivity contribution in [1.29, 1.82) is 0 Å². The third kappa shape index (κ3) is 6.30. The van der Waals surface area contributed by atoms with Gasteiger partial charge < -0.3 is 9.64 Å². The van der Waals surface area contributed by atoms with E-state index in [0.717, 1.165) is 11.3 Å². The third-order valence-electron chi connectivity index (χ3n) is 4.47. The van der Waals surface area contributed by atoms with Gasteiger partial charge in [0.25, 0.3) is 0 Å². The number of amides is 1. The van der Waals surface area contributed by atoms with Crippen molar-refractivity contribution in [3.63, 3.8) is 0 Å². The second-order valence-corrected chi connectivity index (χ2v) is 6.81. The molecule has 1 aromatic heterocycles. The van der Waals surface area contributed by atoms with Gasteiger partial charge in [-0.3, -0.25) is 19.4 Å². The van der Waals surface area contributed by atoms with Crippen LogP contribution in [0.1, 0.15) is 41.4 Å². The maximum Gasteiger partial charge on any atom is 0.310 e. The fourth-order valence-corrected chi connectivity index (χ4v) is 2.81. The highest BCUT2D eigenvalue weighted by molar-refractivity contribution is 5.98. The van der Waals surface area contributed by atoms with Gasteiger partial charge in [-0.15, -0.1) is 0 Å². The molecular weight excluding hydrogens is 356 g/mol. The van der Waals surface area contributed by atoms with Crippen LogP contribution in [0.5, 0.6) is 0 Å². The molecule has 0 aliphatic carbocycles. The summed E-state index contributed by atoms with van der Waals surface area (Å²) in [4.78, 5) is 42.7. The number of carbonyl (C=O) groups excluding carboxylic acids is 3. The first-order valence-electron chi connectivity index (χ1n) is 9.26. The van der Waals surface area contributed by atoms with Crippen LogP contribution >= 0.6 is 0 Å². The van der Waals surface area contributed by atoms with Crippen molar-refractivity contribution in [2.45, 2.75) is 33.2 Å². The van der Waals surface area contributed by atoms with Crippen LogP contribution in [-0.2, 0) is 20.9 Å². The van der Waals surface area contributed by atoms with Crippen molar-refractivity contribution in [2.24, 2.45) is 5.92 Å². The molecule has 0 aliphatic heterocycles. The minimum absolute atomic E-state index is 0.0767. The Morgan fingerprint density at radius 3 is 2.39 bits per heavy atom. The van der Waals surface area contributed by atoms with E-state index >= 15 is 0 Å². The van der Waals surface area contributed by atoms with Gasteiger partial charge in [0, 0.05) is 31.1 Å². The normalized spacial score (nSPS) is 11.5. The number of methoxy groups -OCH3 is 1. The summed E-state index contributed by atoms with van der Waals surface area (Å²) in [6, 6.07) is 12.8. The van der Waals surface area contributed by atoms with Gasteiger partial charge >= 0.3 is 5.97 Å². The number of pyridine rings is 1. The molecule has 28 heavy (non-hydrogen) atoms. The molecule has 0 radical (unpaired) electrons. The predicted octanol–water partition coefficient (Wildman–Crippen LogP) is 3.19. The second kappa shape index (κ2) is 10.3. The molecule has 2 rings (SSSR count). The van der Waals surface area contributed by atoms with Gasteiger partial charge in [-0.05, 0) is 19.1 Å². The zero-order valence-corrected chi connectivity index (χ0v) is 16.6. The van der Waals surface area contributed by atoms with Crippen molar-refractivity contribution in [3.8, 4) is 0 Å². The fraction of sp³-hybridized carbons (Fsp3) is 0.364. The van der Waals surface area contributed by atoms with Crippen molar-refractivity contribution in [1.82, 2.24) is 9.88 Å². The van der Waals surface area contributed by atoms with Crippen LogP contribution in [0.4, 0.5) is 0 Å². The molecule has 1 aromatic carbocycles. The van der Waals surface area contributed by atoms with Crippen molar-refractivity contribution in [3.05, 3.63) is 65.5 Å². The van der Waals surface area contributed by atoms with E-state index < -0.39 is 5.92 Å². The molecule has 1 heterocycles. The lowest BCUT2D eigenvalue weighted by Gasteiger charge is -2.25. The first-order valence-corrected chi connectivity index (χ1v) is 9.26. The average Bonchev–Trinajstić information content (AvgIpc) is 2.71. The summed E-state index contributed by atoms with van der Waals surface area (Å²) in [5, 5.41) is 0. The Balaban J connectivity index is 2.03. The van der Waals surface area contributed by atoms with Gasteiger partial charge in [0.1, 0.15) is 0 Å². The van der Waals surface area contributed by atoms with Gasteiger partial charge in [0.2, 0.25) is 5.91 Å². The average molecular weight is 382 g/mol. The minimum Gasteiger partial charge on any atom is -0.469 e. The molecular formula is C22H26N2O4. The van der Waals surface area contributed by atoms with E-state index in [9.17, 15) is 14.4 Å². The summed E-state index contributed by atoms with van der Waals surface area (Å²) in [5.74, 6) is -1.12. The van der Waals surface area contributed by atoms with E-state index in [-0.39, 0.29) is 43.6 Å². The summed E-state index contributed by atoms with van der Waals surface area (Å²) in [6.07, 6.45) is 1.85. The highest BCUT2D eigenvalue weighted by Crippen LogP contribution is 2.12. The monoisotopic (exact) mass is 382 g/mol. The molecule has 0 aliphatic rings. The first kappa shape index (κ1) is 21.3. The molecule has 6 heteroatoms. The highest BCUT2D eigenvalue weighted by atomic mass is 16.5. The zero-order chi connectivity index (χ0) is 20.5. The number of aromatic nitrogens is 1. The molecule has 0 saturated carbocycles. The number of esters is 1. The van der Waals surface area contributed by atoms with Crippen LogP contribution in [0, 0.1) is 12.8 Å². The standard InChI is InChI=1S/C22H26N2O4/c1-16-7-9-18(10-8-16)20(25)11-12-21(26)24(14-17(2)22(27)28-3)15-19-6-4-5-13-23-19/h4-10,13,17H,11-12,14-15H2,1-3H3. The quantitative estimate of drug-likeness (QED) is 0.492. The van der Waals surface area contributed by atoms with Gasteiger partial charge in [-0.2, -0.15) is 0 Å². The molecule has 1 amide bonds. The Kier molecular flexibility index (Phi) is 7.87. The number of benzene rings is 1. The topological polar surface area (TPSA) is 76.6 Å². The van der Waals surface area contributed by atoms with Crippen molar-refractivity contribution < 1.29 is 19.1 Å². The summed E-state index contributed by atoms with van der Waals surface area (Å²) in [5.41, 5.74) is 2.39. The van der Waals surface area contributed by atoms with E-state index in [0.29, 0.717) is 5.56 Å². The number of hydrogen-bond donors (Lipinski definition) is 0.